The normalized spacial score (nSPS) is 10.6. The first-order valence-electron chi connectivity index (χ1n) is 6.97. The van der Waals surface area contributed by atoms with E-state index in [9.17, 15) is 30.0 Å². The number of carboxylic acids is 2. The number of phenolic OH excluding ortho intramolecular Hbond substituents is 2. The Morgan fingerprint density at radius 2 is 1.08 bits per heavy atom. The van der Waals surface area contributed by atoms with E-state index in [0.29, 0.717) is 0 Å². The summed E-state index contributed by atoms with van der Waals surface area (Å²) in [5.74, 6) is -4.56. The summed E-state index contributed by atoms with van der Waals surface area (Å²) in [7, 11) is 0. The Hall–Kier alpha value is -3.46. The maximum absolute atomic E-state index is 11.0. The number of rotatable bonds is 6. The van der Waals surface area contributed by atoms with Crippen LogP contribution in [0.5, 0.6) is 23.0 Å². The van der Waals surface area contributed by atoms with E-state index in [1.807, 2.05) is 0 Å². The third-order valence-electron chi connectivity index (χ3n) is 3.44. The van der Waals surface area contributed by atoms with E-state index in [1.54, 1.807) is 0 Å². The number of carboxylic acid groups (broad SMARTS) is 2. The van der Waals surface area contributed by atoms with Gasteiger partial charge in [-0.15, -0.1) is 0 Å². The monoisotopic (exact) mass is 349 g/mol. The van der Waals surface area contributed by atoms with Crippen LogP contribution in [0.15, 0.2) is 24.3 Å². The van der Waals surface area contributed by atoms with Crippen molar-refractivity contribution < 1.29 is 40.2 Å². The van der Waals surface area contributed by atoms with Crippen molar-refractivity contribution in [3.05, 3.63) is 46.5 Å². The van der Waals surface area contributed by atoms with Crippen LogP contribution in [0.25, 0.3) is 0 Å². The van der Waals surface area contributed by atoms with E-state index >= 15 is 0 Å². The molecule has 0 bridgehead atoms. The van der Waals surface area contributed by atoms with Crippen LogP contribution in [0.4, 0.5) is 0 Å². The van der Waals surface area contributed by atoms with E-state index in [0.717, 1.165) is 12.1 Å². The van der Waals surface area contributed by atoms with Crippen molar-refractivity contribution in [1.82, 2.24) is 5.32 Å². The van der Waals surface area contributed by atoms with Crippen LogP contribution in [0, 0.1) is 0 Å². The molecule has 0 radical (unpaired) electrons. The minimum absolute atomic E-state index is 0.0853. The average molecular weight is 349 g/mol. The molecule has 9 nitrogen and oxygen atoms in total. The summed E-state index contributed by atoms with van der Waals surface area (Å²) in [6.45, 7) is -0.171. The Kier molecular flexibility index (Phi) is 4.99. The van der Waals surface area contributed by atoms with Crippen molar-refractivity contribution in [3.63, 3.8) is 0 Å². The minimum atomic E-state index is -1.41. The molecule has 7 N–H and O–H groups in total. The van der Waals surface area contributed by atoms with Gasteiger partial charge in [0.2, 0.25) is 0 Å². The summed E-state index contributed by atoms with van der Waals surface area (Å²) in [4.78, 5) is 22.0. The molecule has 0 amide bonds. The molecule has 0 saturated carbocycles. The smallest absolute Gasteiger partial charge is 0.339 e. The fraction of sp³-hybridized carbons (Fsp3) is 0.125. The molecule has 132 valence electrons. The molecular weight excluding hydrogens is 334 g/mol. The SMILES string of the molecule is O=C(O)c1cc(O)cc(CNCc2cc(O)cc(C(=O)O)c2O)c1O. The summed E-state index contributed by atoms with van der Waals surface area (Å²) in [6.07, 6.45) is 0. The Labute approximate surface area is 141 Å². The summed E-state index contributed by atoms with van der Waals surface area (Å²) < 4.78 is 0. The van der Waals surface area contributed by atoms with Gasteiger partial charge in [-0.1, -0.05) is 0 Å². The number of carbonyl (C=O) groups is 2. The van der Waals surface area contributed by atoms with Crippen molar-refractivity contribution in [2.45, 2.75) is 13.1 Å². The summed E-state index contributed by atoms with van der Waals surface area (Å²) in [5.41, 5.74) is -0.749. The van der Waals surface area contributed by atoms with Crippen LogP contribution < -0.4 is 5.32 Å². The Morgan fingerprint density at radius 1 is 0.720 bits per heavy atom. The maximum Gasteiger partial charge on any atom is 0.339 e. The number of phenols is 4. The summed E-state index contributed by atoms with van der Waals surface area (Å²) in [6, 6.07) is 4.14. The highest BCUT2D eigenvalue weighted by molar-refractivity contribution is 5.92. The van der Waals surface area contributed by atoms with Crippen LogP contribution in [0.2, 0.25) is 0 Å². The number of benzene rings is 2. The van der Waals surface area contributed by atoms with Gasteiger partial charge in [0.15, 0.2) is 0 Å². The van der Waals surface area contributed by atoms with Crippen molar-refractivity contribution in [2.24, 2.45) is 0 Å². The van der Waals surface area contributed by atoms with Crippen LogP contribution in [0.1, 0.15) is 31.8 Å². The molecule has 0 aliphatic heterocycles. The van der Waals surface area contributed by atoms with E-state index in [4.69, 9.17) is 10.2 Å². The van der Waals surface area contributed by atoms with Crippen molar-refractivity contribution in [1.29, 1.82) is 0 Å². The predicted molar refractivity (Wildman–Crippen MR) is 84.0 cm³/mol. The zero-order chi connectivity index (χ0) is 18.7. The second kappa shape index (κ2) is 6.97. The van der Waals surface area contributed by atoms with Gasteiger partial charge in [-0.2, -0.15) is 0 Å². The van der Waals surface area contributed by atoms with Crippen LogP contribution in [0.3, 0.4) is 0 Å². The van der Waals surface area contributed by atoms with Gasteiger partial charge in [-0.25, -0.2) is 9.59 Å². The van der Waals surface area contributed by atoms with Gasteiger partial charge in [0.1, 0.15) is 34.1 Å². The highest BCUT2D eigenvalue weighted by Crippen LogP contribution is 2.30. The predicted octanol–water partition coefficient (Wildman–Crippen LogP) is 1.20. The largest absolute Gasteiger partial charge is 0.508 e. The average Bonchev–Trinajstić information content (AvgIpc) is 2.52. The number of nitrogens with one attached hydrogen (secondary N) is 1. The topological polar surface area (TPSA) is 168 Å². The summed E-state index contributed by atoms with van der Waals surface area (Å²) in [5, 5.41) is 59.5. The fourth-order valence-corrected chi connectivity index (χ4v) is 2.28. The fourth-order valence-electron chi connectivity index (χ4n) is 2.28. The van der Waals surface area contributed by atoms with E-state index in [-0.39, 0.29) is 35.7 Å². The van der Waals surface area contributed by atoms with Gasteiger partial charge in [-0.3, -0.25) is 0 Å². The Morgan fingerprint density at radius 3 is 1.40 bits per heavy atom. The van der Waals surface area contributed by atoms with Gasteiger partial charge in [0.05, 0.1) is 0 Å². The lowest BCUT2D eigenvalue weighted by atomic mass is 10.1. The second-order valence-electron chi connectivity index (χ2n) is 5.22. The molecule has 0 spiro atoms. The molecule has 0 aliphatic rings. The molecule has 2 aromatic rings. The molecule has 0 atom stereocenters. The van der Waals surface area contributed by atoms with Gasteiger partial charge in [0.25, 0.3) is 0 Å². The van der Waals surface area contributed by atoms with Crippen molar-refractivity contribution in [2.75, 3.05) is 0 Å². The van der Waals surface area contributed by atoms with E-state index in [1.165, 1.54) is 12.1 Å². The third-order valence-corrected chi connectivity index (χ3v) is 3.44. The highest BCUT2D eigenvalue weighted by Gasteiger charge is 2.17. The molecule has 25 heavy (non-hydrogen) atoms. The van der Waals surface area contributed by atoms with Crippen LogP contribution >= 0.6 is 0 Å². The number of hydrogen-bond donors (Lipinski definition) is 7. The summed E-state index contributed by atoms with van der Waals surface area (Å²) >= 11 is 0. The molecule has 0 aromatic heterocycles. The maximum atomic E-state index is 11.0. The van der Waals surface area contributed by atoms with E-state index < -0.39 is 34.6 Å². The molecule has 0 saturated heterocycles. The number of hydrogen-bond acceptors (Lipinski definition) is 7. The molecule has 0 heterocycles. The molecule has 2 aromatic carbocycles. The second-order valence-corrected chi connectivity index (χ2v) is 5.22. The van der Waals surface area contributed by atoms with Crippen LogP contribution in [-0.2, 0) is 13.1 Å². The molecule has 0 unspecified atom stereocenters. The Bertz CT molecular complexity index is 777. The van der Waals surface area contributed by atoms with E-state index in [2.05, 4.69) is 5.32 Å². The van der Waals surface area contributed by atoms with Crippen LogP contribution in [-0.4, -0.2) is 42.6 Å². The van der Waals surface area contributed by atoms with Gasteiger partial charge in [0, 0.05) is 24.2 Å². The lowest BCUT2D eigenvalue weighted by molar-refractivity contribution is 0.0682. The van der Waals surface area contributed by atoms with Gasteiger partial charge < -0.3 is 36.0 Å². The number of aromatic hydroxyl groups is 4. The minimum Gasteiger partial charge on any atom is -0.508 e. The molecule has 9 heteroatoms. The zero-order valence-corrected chi connectivity index (χ0v) is 12.7. The molecule has 0 aliphatic carbocycles. The first kappa shape index (κ1) is 17.9. The lowest BCUT2D eigenvalue weighted by Gasteiger charge is -2.12. The molecule has 0 fully saturated rings. The zero-order valence-electron chi connectivity index (χ0n) is 12.7. The standard InChI is InChI=1S/C16H15NO8/c18-9-1-7(13(20)11(3-9)15(22)23)5-17-6-8-2-10(19)4-12(14(8)21)16(24)25/h1-4,17-21H,5-6H2,(H,22,23)(H,24,25). The molecule has 2 rings (SSSR count). The van der Waals surface area contributed by atoms with Gasteiger partial charge >= 0.3 is 11.9 Å². The highest BCUT2D eigenvalue weighted by atomic mass is 16.4. The third kappa shape index (κ3) is 3.90. The quantitative estimate of drug-likeness (QED) is 0.379. The van der Waals surface area contributed by atoms with Crippen molar-refractivity contribution >= 4 is 11.9 Å². The van der Waals surface area contributed by atoms with Crippen molar-refractivity contribution in [3.8, 4) is 23.0 Å². The first-order valence-corrected chi connectivity index (χ1v) is 6.97. The first-order chi connectivity index (χ1) is 11.7. The number of aromatic carboxylic acids is 2. The Balaban J connectivity index is 2.20. The molecular formula is C16H15NO8. The van der Waals surface area contributed by atoms with Gasteiger partial charge in [-0.05, 0) is 24.3 Å². The lowest BCUT2D eigenvalue weighted by Crippen LogP contribution is -2.14.